The second-order valence-corrected chi connectivity index (χ2v) is 7.59. The summed E-state index contributed by atoms with van der Waals surface area (Å²) in [4.78, 5) is 27.0. The zero-order valence-corrected chi connectivity index (χ0v) is 17.6. The van der Waals surface area contributed by atoms with E-state index in [9.17, 15) is 9.59 Å². The summed E-state index contributed by atoms with van der Waals surface area (Å²) in [5, 5.41) is 3.94. The molecule has 0 radical (unpaired) electrons. The Balaban J connectivity index is 1.84. The molecule has 8 heteroatoms. The zero-order chi connectivity index (χ0) is 20.7. The number of nitrogens with zero attached hydrogens (tertiary/aromatic N) is 2. The van der Waals surface area contributed by atoms with Crippen LogP contribution in [0, 0.1) is 0 Å². The summed E-state index contributed by atoms with van der Waals surface area (Å²) >= 11 is 17.6. The average Bonchev–Trinajstić information content (AvgIpc) is 3.06. The Morgan fingerprint density at radius 3 is 2.62 bits per heavy atom. The van der Waals surface area contributed by atoms with Crippen LogP contribution in [0.25, 0.3) is 17.0 Å². The van der Waals surface area contributed by atoms with Crippen LogP contribution >= 0.6 is 35.4 Å². The van der Waals surface area contributed by atoms with E-state index in [-0.39, 0.29) is 20.7 Å². The predicted octanol–water partition coefficient (Wildman–Crippen LogP) is 4.80. The molecule has 1 aliphatic heterocycles. The summed E-state index contributed by atoms with van der Waals surface area (Å²) in [5.41, 5.74) is 2.08. The average molecular weight is 444 g/mol. The number of carbonyl (C=O) groups is 2. The van der Waals surface area contributed by atoms with Crippen LogP contribution < -0.4 is 10.2 Å². The minimum Gasteiger partial charge on any atom is -0.347 e. The predicted molar refractivity (Wildman–Crippen MR) is 120 cm³/mol. The van der Waals surface area contributed by atoms with E-state index in [0.717, 1.165) is 23.0 Å². The molecule has 29 heavy (non-hydrogen) atoms. The van der Waals surface area contributed by atoms with Crippen LogP contribution in [0.1, 0.15) is 12.5 Å². The van der Waals surface area contributed by atoms with Crippen molar-refractivity contribution in [1.29, 1.82) is 0 Å². The van der Waals surface area contributed by atoms with Gasteiger partial charge in [-0.15, -0.1) is 0 Å². The van der Waals surface area contributed by atoms with Crippen molar-refractivity contribution in [1.82, 2.24) is 9.88 Å². The molecule has 0 bridgehead atoms. The molecule has 0 atom stereocenters. The van der Waals surface area contributed by atoms with Crippen molar-refractivity contribution in [3.63, 3.8) is 0 Å². The van der Waals surface area contributed by atoms with Crippen molar-refractivity contribution in [2.45, 2.75) is 13.5 Å². The Labute approximate surface area is 182 Å². The van der Waals surface area contributed by atoms with Gasteiger partial charge in [0.2, 0.25) is 0 Å². The highest BCUT2D eigenvalue weighted by molar-refractivity contribution is 7.80. The first-order valence-corrected chi connectivity index (χ1v) is 10.0. The van der Waals surface area contributed by atoms with E-state index in [0.29, 0.717) is 5.69 Å². The number of aryl methyl sites for hydroxylation is 1. The molecule has 1 N–H and O–H groups in total. The lowest BCUT2D eigenvalue weighted by Crippen LogP contribution is -2.54. The van der Waals surface area contributed by atoms with Gasteiger partial charge in [0.15, 0.2) is 5.11 Å². The molecule has 2 aromatic carbocycles. The second kappa shape index (κ2) is 7.63. The molecule has 1 fully saturated rings. The van der Waals surface area contributed by atoms with Gasteiger partial charge in [-0.05, 0) is 43.4 Å². The zero-order valence-electron chi connectivity index (χ0n) is 15.3. The molecular formula is C21H15Cl2N3O2S. The maximum Gasteiger partial charge on any atom is 0.270 e. The van der Waals surface area contributed by atoms with Gasteiger partial charge >= 0.3 is 0 Å². The molecule has 1 aromatic heterocycles. The summed E-state index contributed by atoms with van der Waals surface area (Å²) in [7, 11) is 0. The number of halogens is 2. The first kappa shape index (κ1) is 19.6. The Kier molecular flexibility index (Phi) is 5.17. The third-order valence-electron chi connectivity index (χ3n) is 4.73. The minimum absolute atomic E-state index is 0.0337. The lowest BCUT2D eigenvalue weighted by molar-refractivity contribution is -0.122. The molecule has 2 amide bonds. The molecule has 1 aliphatic rings. The monoisotopic (exact) mass is 443 g/mol. The molecule has 5 nitrogen and oxygen atoms in total. The number of anilines is 1. The second-order valence-electron chi connectivity index (χ2n) is 6.42. The van der Waals surface area contributed by atoms with Crippen LogP contribution in [0.3, 0.4) is 0 Å². The maximum absolute atomic E-state index is 13.2. The Morgan fingerprint density at radius 2 is 1.86 bits per heavy atom. The number of para-hydroxylation sites is 1. The molecule has 2 heterocycles. The largest absolute Gasteiger partial charge is 0.347 e. The summed E-state index contributed by atoms with van der Waals surface area (Å²) in [5.74, 6) is -1.11. The number of benzene rings is 2. The number of carbonyl (C=O) groups excluding carboxylic acids is 2. The summed E-state index contributed by atoms with van der Waals surface area (Å²) in [6.07, 6.45) is 3.50. The normalized spacial score (nSPS) is 16.0. The molecule has 3 aromatic rings. The maximum atomic E-state index is 13.2. The van der Waals surface area contributed by atoms with Gasteiger partial charge in [-0.25, -0.2) is 0 Å². The quantitative estimate of drug-likeness (QED) is 0.359. The Hall–Kier alpha value is -2.67. The Bertz CT molecular complexity index is 1220. The number of amides is 2. The first-order valence-electron chi connectivity index (χ1n) is 8.85. The van der Waals surface area contributed by atoms with Crippen LogP contribution in [0.4, 0.5) is 5.69 Å². The molecule has 0 unspecified atom stereocenters. The SMILES string of the molecule is CCn1cc(/C=C2\C(=O)NC(=S)N(c3cccc(Cl)c3Cl)C2=O)c2ccccc21. The van der Waals surface area contributed by atoms with Crippen molar-refractivity contribution in [2.75, 3.05) is 4.90 Å². The minimum atomic E-state index is -0.559. The van der Waals surface area contributed by atoms with Crippen molar-refractivity contribution in [2.24, 2.45) is 0 Å². The van der Waals surface area contributed by atoms with E-state index in [1.165, 1.54) is 4.90 Å². The molecule has 0 spiro atoms. The number of aromatic nitrogens is 1. The van der Waals surface area contributed by atoms with Gasteiger partial charge in [0.25, 0.3) is 11.8 Å². The van der Waals surface area contributed by atoms with E-state index < -0.39 is 11.8 Å². The topological polar surface area (TPSA) is 54.3 Å². The number of thiocarbonyl (C=S) groups is 1. The van der Waals surface area contributed by atoms with Gasteiger partial charge < -0.3 is 4.57 Å². The van der Waals surface area contributed by atoms with Gasteiger partial charge in [-0.1, -0.05) is 47.5 Å². The molecule has 4 rings (SSSR count). The highest BCUT2D eigenvalue weighted by Crippen LogP contribution is 2.34. The molecular weight excluding hydrogens is 429 g/mol. The molecule has 0 saturated carbocycles. The summed E-state index contributed by atoms with van der Waals surface area (Å²) in [6.45, 7) is 2.79. The lowest BCUT2D eigenvalue weighted by atomic mass is 10.1. The highest BCUT2D eigenvalue weighted by atomic mass is 35.5. The third-order valence-corrected chi connectivity index (χ3v) is 5.83. The van der Waals surface area contributed by atoms with E-state index in [4.69, 9.17) is 35.4 Å². The highest BCUT2D eigenvalue weighted by Gasteiger charge is 2.35. The Morgan fingerprint density at radius 1 is 1.10 bits per heavy atom. The van der Waals surface area contributed by atoms with Crippen molar-refractivity contribution in [3.8, 4) is 0 Å². The summed E-state index contributed by atoms with van der Waals surface area (Å²) in [6, 6.07) is 12.7. The standard InChI is InChI=1S/C21H15Cl2N3O2S/c1-2-25-11-12(13-6-3-4-8-16(13)25)10-14-19(27)24-21(29)26(20(14)28)17-9-5-7-15(22)18(17)23/h3-11H,2H2,1H3,(H,24,27,29)/b14-10+. The van der Waals surface area contributed by atoms with Gasteiger partial charge in [-0.2, -0.15) is 0 Å². The molecule has 0 aliphatic carbocycles. The van der Waals surface area contributed by atoms with Crippen molar-refractivity contribution < 1.29 is 9.59 Å². The fourth-order valence-corrected chi connectivity index (χ4v) is 4.00. The van der Waals surface area contributed by atoms with Crippen LogP contribution in [-0.4, -0.2) is 21.5 Å². The molecule has 1 saturated heterocycles. The van der Waals surface area contributed by atoms with E-state index in [2.05, 4.69) is 9.88 Å². The van der Waals surface area contributed by atoms with Crippen LogP contribution in [0.5, 0.6) is 0 Å². The van der Waals surface area contributed by atoms with Crippen LogP contribution in [-0.2, 0) is 16.1 Å². The number of fused-ring (bicyclic) bond motifs is 1. The van der Waals surface area contributed by atoms with Gasteiger partial charge in [0.1, 0.15) is 5.57 Å². The first-order chi connectivity index (χ1) is 13.9. The fourth-order valence-electron chi connectivity index (χ4n) is 3.35. The lowest BCUT2D eigenvalue weighted by Gasteiger charge is -2.29. The van der Waals surface area contributed by atoms with Crippen LogP contribution in [0.15, 0.2) is 54.2 Å². The summed E-state index contributed by atoms with van der Waals surface area (Å²) < 4.78 is 2.06. The van der Waals surface area contributed by atoms with E-state index in [1.54, 1.807) is 24.3 Å². The molecule has 146 valence electrons. The van der Waals surface area contributed by atoms with Crippen LogP contribution in [0.2, 0.25) is 10.0 Å². The van der Waals surface area contributed by atoms with Crippen molar-refractivity contribution in [3.05, 3.63) is 69.8 Å². The van der Waals surface area contributed by atoms with E-state index >= 15 is 0 Å². The smallest absolute Gasteiger partial charge is 0.270 e. The van der Waals surface area contributed by atoms with E-state index in [1.807, 2.05) is 37.4 Å². The van der Waals surface area contributed by atoms with Gasteiger partial charge in [0, 0.05) is 29.2 Å². The number of nitrogens with one attached hydrogen (secondary N) is 1. The number of hydrogen-bond donors (Lipinski definition) is 1. The number of rotatable bonds is 3. The fraction of sp³-hybridized carbons (Fsp3) is 0.0952. The number of hydrogen-bond acceptors (Lipinski definition) is 3. The van der Waals surface area contributed by atoms with Crippen molar-refractivity contribution >= 4 is 75.0 Å². The third kappa shape index (κ3) is 3.33. The van der Waals surface area contributed by atoms with Gasteiger partial charge in [0.05, 0.1) is 15.7 Å². The van der Waals surface area contributed by atoms with Gasteiger partial charge in [-0.3, -0.25) is 19.8 Å².